The summed E-state index contributed by atoms with van der Waals surface area (Å²) in [4.78, 5) is 0. The van der Waals surface area contributed by atoms with Gasteiger partial charge in [0.25, 0.3) is 0 Å². The number of aromatic nitrogens is 2. The first-order valence-electron chi connectivity index (χ1n) is 6.39. The molecule has 0 radical (unpaired) electrons. The number of aliphatic hydroxyl groups excluding tert-OH is 1. The van der Waals surface area contributed by atoms with Gasteiger partial charge in [-0.05, 0) is 26.3 Å². The van der Waals surface area contributed by atoms with Gasteiger partial charge in [0.1, 0.15) is 11.5 Å². The number of rotatable bonds is 4. The van der Waals surface area contributed by atoms with Gasteiger partial charge in [0.2, 0.25) is 0 Å². The molecule has 0 fully saturated rings. The number of aryl methyl sites for hydroxylation is 4. The van der Waals surface area contributed by atoms with Gasteiger partial charge in [-0.3, -0.25) is 4.68 Å². The monoisotopic (exact) mass is 282 g/mol. The highest BCUT2D eigenvalue weighted by atomic mass is 35.5. The quantitative estimate of drug-likeness (QED) is 0.937. The highest BCUT2D eigenvalue weighted by Gasteiger charge is 2.20. The smallest absolute Gasteiger partial charge is 0.106 e. The lowest BCUT2D eigenvalue weighted by Gasteiger charge is -2.10. The van der Waals surface area contributed by atoms with Crippen molar-refractivity contribution in [2.24, 2.45) is 7.05 Å². The molecule has 0 saturated carbocycles. The molecule has 0 bridgehead atoms. The van der Waals surface area contributed by atoms with Crippen molar-refractivity contribution in [3.63, 3.8) is 0 Å². The molecule has 104 valence electrons. The van der Waals surface area contributed by atoms with Gasteiger partial charge >= 0.3 is 0 Å². The molecule has 0 saturated heterocycles. The normalized spacial score (nSPS) is 12.9. The molecule has 2 aromatic rings. The third-order valence-electron chi connectivity index (χ3n) is 3.33. The maximum atomic E-state index is 10.3. The Morgan fingerprint density at radius 1 is 1.47 bits per heavy atom. The van der Waals surface area contributed by atoms with Crippen molar-refractivity contribution in [1.82, 2.24) is 9.78 Å². The van der Waals surface area contributed by atoms with E-state index in [1.54, 1.807) is 4.68 Å². The molecule has 0 aliphatic carbocycles. The second-order valence-electron chi connectivity index (χ2n) is 4.77. The van der Waals surface area contributed by atoms with Crippen LogP contribution in [0.4, 0.5) is 0 Å². The van der Waals surface area contributed by atoms with Gasteiger partial charge < -0.3 is 9.52 Å². The number of nitrogens with zero attached hydrogens (tertiary/aromatic N) is 2. The SMILES string of the molecule is CCc1nn(C)c(CC(O)c2cc(C)oc2C)c1Cl. The Morgan fingerprint density at radius 2 is 2.16 bits per heavy atom. The molecule has 0 amide bonds. The average molecular weight is 283 g/mol. The molecule has 0 aliphatic rings. The summed E-state index contributed by atoms with van der Waals surface area (Å²) in [6.45, 7) is 5.74. The summed E-state index contributed by atoms with van der Waals surface area (Å²) in [5.74, 6) is 1.55. The van der Waals surface area contributed by atoms with Gasteiger partial charge in [0.15, 0.2) is 0 Å². The van der Waals surface area contributed by atoms with E-state index in [9.17, 15) is 5.11 Å². The van der Waals surface area contributed by atoms with Crippen LogP contribution in [0.5, 0.6) is 0 Å². The van der Waals surface area contributed by atoms with Crippen LogP contribution < -0.4 is 0 Å². The second kappa shape index (κ2) is 5.39. The summed E-state index contributed by atoms with van der Waals surface area (Å²) in [6, 6.07) is 1.87. The maximum absolute atomic E-state index is 10.3. The molecule has 0 spiro atoms. The van der Waals surface area contributed by atoms with Crippen LogP contribution in [-0.4, -0.2) is 14.9 Å². The molecule has 0 aromatic carbocycles. The van der Waals surface area contributed by atoms with Crippen molar-refractivity contribution in [3.8, 4) is 0 Å². The van der Waals surface area contributed by atoms with Gasteiger partial charge in [-0.2, -0.15) is 5.10 Å². The molecule has 4 nitrogen and oxygen atoms in total. The summed E-state index contributed by atoms with van der Waals surface area (Å²) < 4.78 is 7.19. The van der Waals surface area contributed by atoms with Gasteiger partial charge in [0, 0.05) is 19.0 Å². The first-order chi connectivity index (χ1) is 8.93. The van der Waals surface area contributed by atoms with Crippen molar-refractivity contribution in [2.75, 3.05) is 0 Å². The van der Waals surface area contributed by atoms with E-state index in [-0.39, 0.29) is 0 Å². The largest absolute Gasteiger partial charge is 0.466 e. The topological polar surface area (TPSA) is 51.2 Å². The fourth-order valence-electron chi connectivity index (χ4n) is 2.32. The Hall–Kier alpha value is -1.26. The number of hydrogen-bond donors (Lipinski definition) is 1. The molecule has 1 unspecified atom stereocenters. The van der Waals surface area contributed by atoms with Crippen molar-refractivity contribution < 1.29 is 9.52 Å². The highest BCUT2D eigenvalue weighted by Crippen LogP contribution is 2.28. The van der Waals surface area contributed by atoms with E-state index < -0.39 is 6.10 Å². The Labute approximate surface area is 118 Å². The Bertz CT molecular complexity index is 587. The van der Waals surface area contributed by atoms with Crippen LogP contribution in [-0.2, 0) is 19.9 Å². The summed E-state index contributed by atoms with van der Waals surface area (Å²) in [5, 5.41) is 15.3. The number of halogens is 1. The zero-order valence-electron chi connectivity index (χ0n) is 11.7. The van der Waals surface area contributed by atoms with E-state index in [4.69, 9.17) is 16.0 Å². The van der Waals surface area contributed by atoms with Crippen LogP contribution >= 0.6 is 11.6 Å². The maximum Gasteiger partial charge on any atom is 0.106 e. The summed E-state index contributed by atoms with van der Waals surface area (Å²) >= 11 is 6.29. The summed E-state index contributed by atoms with van der Waals surface area (Å²) in [5.41, 5.74) is 2.53. The van der Waals surface area contributed by atoms with Crippen LogP contribution in [0.1, 0.15) is 41.5 Å². The predicted molar refractivity (Wildman–Crippen MR) is 74.4 cm³/mol. The minimum atomic E-state index is -0.630. The first-order valence-corrected chi connectivity index (χ1v) is 6.77. The Kier molecular flexibility index (Phi) is 4.02. The fourth-order valence-corrected chi connectivity index (χ4v) is 2.69. The third-order valence-corrected chi connectivity index (χ3v) is 3.76. The van der Waals surface area contributed by atoms with Crippen molar-refractivity contribution in [1.29, 1.82) is 0 Å². The molecule has 2 aromatic heterocycles. The lowest BCUT2D eigenvalue weighted by Crippen LogP contribution is -2.07. The summed E-state index contributed by atoms with van der Waals surface area (Å²) in [6.07, 6.45) is 0.587. The average Bonchev–Trinajstić information content (AvgIpc) is 2.82. The van der Waals surface area contributed by atoms with Crippen LogP contribution in [0.25, 0.3) is 0 Å². The van der Waals surface area contributed by atoms with E-state index in [1.165, 1.54) is 0 Å². The van der Waals surface area contributed by atoms with Gasteiger partial charge in [-0.15, -0.1) is 0 Å². The minimum Gasteiger partial charge on any atom is -0.466 e. The highest BCUT2D eigenvalue weighted by molar-refractivity contribution is 6.31. The van der Waals surface area contributed by atoms with E-state index >= 15 is 0 Å². The van der Waals surface area contributed by atoms with Crippen LogP contribution in [0, 0.1) is 13.8 Å². The van der Waals surface area contributed by atoms with E-state index in [0.717, 1.165) is 34.9 Å². The second-order valence-corrected chi connectivity index (χ2v) is 5.15. The molecule has 2 rings (SSSR count). The lowest BCUT2D eigenvalue weighted by atomic mass is 10.0. The van der Waals surface area contributed by atoms with Crippen molar-refractivity contribution >= 4 is 11.6 Å². The molecule has 5 heteroatoms. The standard InChI is InChI=1S/C14H19ClN2O2/c1-5-11-14(15)12(17(4)16-11)7-13(18)10-6-8(2)19-9(10)3/h6,13,18H,5,7H2,1-4H3. The molecular weight excluding hydrogens is 264 g/mol. The van der Waals surface area contributed by atoms with Crippen LogP contribution in [0.3, 0.4) is 0 Å². The van der Waals surface area contributed by atoms with Crippen molar-refractivity contribution in [2.45, 2.75) is 39.7 Å². The fraction of sp³-hybridized carbons (Fsp3) is 0.500. The first kappa shape index (κ1) is 14.2. The Morgan fingerprint density at radius 3 is 2.63 bits per heavy atom. The van der Waals surface area contributed by atoms with Crippen LogP contribution in [0.15, 0.2) is 10.5 Å². The molecule has 1 N–H and O–H groups in total. The zero-order valence-corrected chi connectivity index (χ0v) is 12.5. The molecule has 19 heavy (non-hydrogen) atoms. The van der Waals surface area contributed by atoms with Gasteiger partial charge in [-0.1, -0.05) is 18.5 Å². The van der Waals surface area contributed by atoms with Gasteiger partial charge in [-0.25, -0.2) is 0 Å². The molecule has 1 atom stereocenters. The Balaban J connectivity index is 2.26. The van der Waals surface area contributed by atoms with E-state index in [0.29, 0.717) is 11.4 Å². The summed E-state index contributed by atoms with van der Waals surface area (Å²) in [7, 11) is 1.85. The zero-order chi connectivity index (χ0) is 14.2. The predicted octanol–water partition coefficient (Wildman–Crippen LogP) is 3.12. The van der Waals surface area contributed by atoms with E-state index in [1.807, 2.05) is 33.9 Å². The molecule has 0 aliphatic heterocycles. The molecular formula is C14H19ClN2O2. The minimum absolute atomic E-state index is 0.433. The number of aliphatic hydroxyl groups is 1. The van der Waals surface area contributed by atoms with Crippen molar-refractivity contribution in [3.05, 3.63) is 39.6 Å². The van der Waals surface area contributed by atoms with Crippen LogP contribution in [0.2, 0.25) is 5.02 Å². The number of furan rings is 1. The van der Waals surface area contributed by atoms with E-state index in [2.05, 4.69) is 5.10 Å². The number of hydrogen-bond acceptors (Lipinski definition) is 3. The lowest BCUT2D eigenvalue weighted by molar-refractivity contribution is 0.174. The third kappa shape index (κ3) is 2.69. The molecule has 2 heterocycles. The van der Waals surface area contributed by atoms with Gasteiger partial charge in [0.05, 0.1) is 22.5 Å².